The molecule has 0 saturated heterocycles. The predicted octanol–water partition coefficient (Wildman–Crippen LogP) is 5.36. The van der Waals surface area contributed by atoms with Crippen molar-refractivity contribution in [3.63, 3.8) is 0 Å². The van der Waals surface area contributed by atoms with Crippen LogP contribution in [0.4, 0.5) is 0 Å². The Morgan fingerprint density at radius 3 is 2.44 bits per heavy atom. The van der Waals surface area contributed by atoms with Crippen LogP contribution in [0.15, 0.2) is 11.6 Å². The number of hydrogen-bond acceptors (Lipinski definition) is 1. The molecule has 106 valence electrons. The molecule has 0 heterocycles. The molecule has 1 aliphatic rings. The minimum Gasteiger partial charge on any atom is -0.414 e. The van der Waals surface area contributed by atoms with Crippen molar-refractivity contribution in [1.29, 1.82) is 0 Å². The van der Waals surface area contributed by atoms with Gasteiger partial charge in [-0.1, -0.05) is 39.3 Å². The molecule has 0 radical (unpaired) electrons. The largest absolute Gasteiger partial charge is 0.414 e. The summed E-state index contributed by atoms with van der Waals surface area (Å²) in [5.74, 6) is 1.36. The van der Waals surface area contributed by atoms with Gasteiger partial charge in [-0.05, 0) is 43.3 Å². The van der Waals surface area contributed by atoms with Gasteiger partial charge in [-0.2, -0.15) is 0 Å². The zero-order valence-corrected chi connectivity index (χ0v) is 14.6. The smallest absolute Gasteiger partial charge is 0.192 e. The lowest BCUT2D eigenvalue weighted by Crippen LogP contribution is -2.45. The molecule has 3 heteroatoms. The summed E-state index contributed by atoms with van der Waals surface area (Å²) >= 11 is 5.83. The van der Waals surface area contributed by atoms with Gasteiger partial charge in [-0.3, -0.25) is 0 Å². The van der Waals surface area contributed by atoms with Crippen LogP contribution in [0.25, 0.3) is 0 Å². The molecule has 0 aromatic heterocycles. The molecule has 1 rings (SSSR count). The molecule has 0 aromatic carbocycles. The fourth-order valence-corrected chi connectivity index (χ4v) is 3.98. The van der Waals surface area contributed by atoms with Gasteiger partial charge in [-0.25, -0.2) is 0 Å². The van der Waals surface area contributed by atoms with Gasteiger partial charge in [-0.15, -0.1) is 11.6 Å². The fraction of sp³-hybridized carbons (Fsp3) is 0.867. The van der Waals surface area contributed by atoms with Gasteiger partial charge in [0.1, 0.15) is 0 Å². The van der Waals surface area contributed by atoms with Crippen molar-refractivity contribution in [3.8, 4) is 0 Å². The van der Waals surface area contributed by atoms with Gasteiger partial charge in [0.2, 0.25) is 0 Å². The number of alkyl halides is 1. The van der Waals surface area contributed by atoms with Crippen LogP contribution in [0.3, 0.4) is 0 Å². The average Bonchev–Trinajstić information content (AvgIpc) is 2.13. The van der Waals surface area contributed by atoms with E-state index in [1.54, 1.807) is 0 Å². The van der Waals surface area contributed by atoms with E-state index < -0.39 is 8.32 Å². The van der Waals surface area contributed by atoms with Crippen LogP contribution in [0, 0.1) is 5.92 Å². The Morgan fingerprint density at radius 1 is 1.33 bits per heavy atom. The fourth-order valence-electron chi connectivity index (χ4n) is 2.40. The van der Waals surface area contributed by atoms with E-state index in [9.17, 15) is 0 Å². The first-order valence-electron chi connectivity index (χ1n) is 7.07. The maximum Gasteiger partial charge on any atom is 0.192 e. The van der Waals surface area contributed by atoms with Gasteiger partial charge < -0.3 is 4.43 Å². The molecule has 0 unspecified atom stereocenters. The third-order valence-electron chi connectivity index (χ3n) is 4.40. The third kappa shape index (κ3) is 4.39. The number of allylic oxidation sites excluding steroid dienone is 1. The van der Waals surface area contributed by atoms with Crippen LogP contribution in [0.5, 0.6) is 0 Å². The standard InChI is InChI=1S/C15H29ClOSi/c1-12-9-13(7-8-16)11-14(10-12)17-18(5,6)15(2,3)4/h7,12,14H,8-11H2,1-6H3/b13-7-/t12-,14+/m1/s1. The van der Waals surface area contributed by atoms with Gasteiger partial charge in [0.05, 0.1) is 0 Å². The summed E-state index contributed by atoms with van der Waals surface area (Å²) in [5, 5.41) is 0.296. The first kappa shape index (κ1) is 16.3. The summed E-state index contributed by atoms with van der Waals surface area (Å²) in [4.78, 5) is 0. The summed E-state index contributed by atoms with van der Waals surface area (Å²) in [6.07, 6.45) is 6.07. The lowest BCUT2D eigenvalue weighted by atomic mass is 9.85. The third-order valence-corrected chi connectivity index (χ3v) is 9.09. The summed E-state index contributed by atoms with van der Waals surface area (Å²) in [6, 6.07) is 0. The molecule has 1 fully saturated rings. The van der Waals surface area contributed by atoms with Crippen molar-refractivity contribution in [3.05, 3.63) is 11.6 Å². The van der Waals surface area contributed by atoms with Gasteiger partial charge in [0.25, 0.3) is 0 Å². The van der Waals surface area contributed by atoms with E-state index in [2.05, 4.69) is 46.9 Å². The van der Waals surface area contributed by atoms with Crippen molar-refractivity contribution < 1.29 is 4.43 Å². The Labute approximate surface area is 119 Å². The van der Waals surface area contributed by atoms with Crippen molar-refractivity contribution >= 4 is 19.9 Å². The molecule has 1 saturated carbocycles. The quantitative estimate of drug-likeness (QED) is 0.386. The minimum absolute atomic E-state index is 0.296. The second-order valence-corrected chi connectivity index (χ2v) is 12.3. The van der Waals surface area contributed by atoms with Crippen molar-refractivity contribution in [2.45, 2.75) is 71.2 Å². The van der Waals surface area contributed by atoms with E-state index in [0.29, 0.717) is 17.0 Å². The first-order chi connectivity index (χ1) is 8.15. The normalized spacial score (nSPS) is 28.7. The molecular weight excluding hydrogens is 260 g/mol. The molecular formula is C15H29ClOSi. The molecule has 0 aromatic rings. The first-order valence-corrected chi connectivity index (χ1v) is 10.5. The van der Waals surface area contributed by atoms with Gasteiger partial charge >= 0.3 is 0 Å². The highest BCUT2D eigenvalue weighted by Gasteiger charge is 2.40. The van der Waals surface area contributed by atoms with Crippen molar-refractivity contribution in [1.82, 2.24) is 0 Å². The van der Waals surface area contributed by atoms with Crippen LogP contribution in [-0.2, 0) is 4.43 Å². The molecule has 0 spiro atoms. The zero-order valence-electron chi connectivity index (χ0n) is 12.8. The molecule has 1 aliphatic carbocycles. The molecule has 0 amide bonds. The Bertz CT molecular complexity index is 304. The summed E-state index contributed by atoms with van der Waals surface area (Å²) in [6.45, 7) is 13.9. The van der Waals surface area contributed by atoms with E-state index in [0.717, 1.165) is 12.3 Å². The Balaban J connectivity index is 2.70. The van der Waals surface area contributed by atoms with Crippen LogP contribution in [-0.4, -0.2) is 20.3 Å². The van der Waals surface area contributed by atoms with Crippen molar-refractivity contribution in [2.75, 3.05) is 5.88 Å². The van der Waals surface area contributed by atoms with Crippen LogP contribution in [0.2, 0.25) is 18.1 Å². The van der Waals surface area contributed by atoms with E-state index in [-0.39, 0.29) is 0 Å². The SMILES string of the molecule is C[C@@H]1C/C(=C/CCl)C[C@@H](O[Si](C)(C)C(C)(C)C)C1. The molecule has 1 nitrogen and oxygen atoms in total. The topological polar surface area (TPSA) is 9.23 Å². The molecule has 0 bridgehead atoms. The monoisotopic (exact) mass is 288 g/mol. The average molecular weight is 289 g/mol. The van der Waals surface area contributed by atoms with Crippen molar-refractivity contribution in [2.24, 2.45) is 5.92 Å². The van der Waals surface area contributed by atoms with Gasteiger partial charge in [0.15, 0.2) is 8.32 Å². The van der Waals surface area contributed by atoms with E-state index in [1.807, 2.05) is 0 Å². The highest BCUT2D eigenvalue weighted by molar-refractivity contribution is 6.74. The maximum absolute atomic E-state index is 6.55. The number of rotatable bonds is 3. The Hall–Kier alpha value is 0.207. The zero-order chi connectivity index (χ0) is 14.0. The summed E-state index contributed by atoms with van der Waals surface area (Å²) in [7, 11) is -1.63. The lowest BCUT2D eigenvalue weighted by Gasteiger charge is -2.41. The number of hydrogen-bond donors (Lipinski definition) is 0. The molecule has 18 heavy (non-hydrogen) atoms. The summed E-state index contributed by atoms with van der Waals surface area (Å²) < 4.78 is 6.55. The van der Waals surface area contributed by atoms with Crippen LogP contribution in [0.1, 0.15) is 47.0 Å². The summed E-state index contributed by atoms with van der Waals surface area (Å²) in [5.41, 5.74) is 1.49. The van der Waals surface area contributed by atoms with E-state index in [4.69, 9.17) is 16.0 Å². The molecule has 0 aliphatic heterocycles. The van der Waals surface area contributed by atoms with E-state index >= 15 is 0 Å². The minimum atomic E-state index is -1.63. The van der Waals surface area contributed by atoms with Gasteiger partial charge in [0, 0.05) is 12.0 Å². The van der Waals surface area contributed by atoms with Crippen LogP contribution < -0.4 is 0 Å². The Morgan fingerprint density at radius 2 is 1.94 bits per heavy atom. The number of halogens is 1. The predicted molar refractivity (Wildman–Crippen MR) is 83.9 cm³/mol. The lowest BCUT2D eigenvalue weighted by molar-refractivity contribution is 0.135. The second-order valence-electron chi connectivity index (χ2n) is 7.27. The Kier molecular flexibility index (Phi) is 5.52. The van der Waals surface area contributed by atoms with Crippen LogP contribution >= 0.6 is 11.6 Å². The molecule has 0 N–H and O–H groups in total. The second kappa shape index (κ2) is 6.11. The highest BCUT2D eigenvalue weighted by Crippen LogP contribution is 2.40. The molecule has 2 atom stereocenters. The maximum atomic E-state index is 6.55. The highest BCUT2D eigenvalue weighted by atomic mass is 35.5. The van der Waals surface area contributed by atoms with E-state index in [1.165, 1.54) is 18.4 Å².